The fourth-order valence-electron chi connectivity index (χ4n) is 4.70. The molecule has 4 rings (SSSR count). The van der Waals surface area contributed by atoms with Gasteiger partial charge in [-0.05, 0) is 43.0 Å². The van der Waals surface area contributed by atoms with Crippen LogP contribution in [0, 0.1) is 0 Å². The highest BCUT2D eigenvalue weighted by atomic mass is 32.2. The van der Waals surface area contributed by atoms with E-state index >= 15 is 0 Å². The minimum Gasteiger partial charge on any atom is -0.495 e. The Hall–Kier alpha value is -2.81. The normalized spacial score (nSPS) is 17.9. The molecule has 190 valence electrons. The summed E-state index contributed by atoms with van der Waals surface area (Å²) in [6.45, 7) is 2.90. The summed E-state index contributed by atoms with van der Waals surface area (Å²) >= 11 is 1.58. The number of nitrogens with zero attached hydrogens (tertiary/aromatic N) is 2. The molecule has 0 aromatic heterocycles. The molecule has 36 heavy (non-hydrogen) atoms. The Kier molecular flexibility index (Phi) is 8.39. The molecule has 0 radical (unpaired) electrons. The van der Waals surface area contributed by atoms with Crippen LogP contribution in [0.2, 0.25) is 0 Å². The number of para-hydroxylation sites is 2. The molecular formula is C28H32N2O4S2. The van der Waals surface area contributed by atoms with Gasteiger partial charge in [-0.2, -0.15) is 0 Å². The van der Waals surface area contributed by atoms with Crippen LogP contribution >= 0.6 is 11.8 Å². The number of fused-ring (bicyclic) bond motifs is 1. The molecule has 1 aliphatic rings. The molecule has 3 aromatic carbocycles. The van der Waals surface area contributed by atoms with E-state index in [0.29, 0.717) is 16.2 Å². The van der Waals surface area contributed by atoms with Gasteiger partial charge in [0.2, 0.25) is 0 Å². The van der Waals surface area contributed by atoms with E-state index in [9.17, 15) is 14.1 Å². The highest BCUT2D eigenvalue weighted by Gasteiger charge is 2.33. The first kappa shape index (κ1) is 26.3. The van der Waals surface area contributed by atoms with E-state index in [4.69, 9.17) is 4.74 Å². The lowest BCUT2D eigenvalue weighted by Crippen LogP contribution is -2.38. The Balaban J connectivity index is 1.96. The molecule has 3 aromatic rings. The smallest absolute Gasteiger partial charge is 0.339 e. The molecule has 0 amide bonds. The van der Waals surface area contributed by atoms with Gasteiger partial charge >= 0.3 is 5.97 Å². The molecule has 8 heteroatoms. The van der Waals surface area contributed by atoms with E-state index in [1.807, 2.05) is 47.9 Å². The third kappa shape index (κ3) is 5.03. The summed E-state index contributed by atoms with van der Waals surface area (Å²) in [5, 5.41) is 9.71. The summed E-state index contributed by atoms with van der Waals surface area (Å²) in [5.41, 5.74) is 3.54. The van der Waals surface area contributed by atoms with E-state index in [1.165, 1.54) is 13.2 Å². The number of hydrogen-bond acceptors (Lipinski definition) is 5. The van der Waals surface area contributed by atoms with E-state index in [2.05, 4.69) is 30.0 Å². The average Bonchev–Trinajstić information content (AvgIpc) is 3.01. The molecular weight excluding hydrogens is 492 g/mol. The molecule has 0 fully saturated rings. The van der Waals surface area contributed by atoms with Crippen LogP contribution in [0.1, 0.15) is 36.5 Å². The summed E-state index contributed by atoms with van der Waals surface area (Å²) in [4.78, 5) is 15.8. The first-order chi connectivity index (χ1) is 17.4. The van der Waals surface area contributed by atoms with E-state index in [1.54, 1.807) is 17.8 Å². The third-order valence-corrected chi connectivity index (χ3v) is 8.93. The van der Waals surface area contributed by atoms with Crippen molar-refractivity contribution in [2.45, 2.75) is 42.0 Å². The van der Waals surface area contributed by atoms with Crippen LogP contribution in [-0.4, -0.2) is 52.6 Å². The van der Waals surface area contributed by atoms with Crippen LogP contribution in [0.5, 0.6) is 5.75 Å². The Bertz CT molecular complexity index is 1270. The van der Waals surface area contributed by atoms with Gasteiger partial charge in [-0.3, -0.25) is 0 Å². The summed E-state index contributed by atoms with van der Waals surface area (Å²) in [6.07, 6.45) is 5.09. The van der Waals surface area contributed by atoms with Gasteiger partial charge in [-0.25, -0.2) is 13.3 Å². The molecule has 0 saturated heterocycles. The third-order valence-electron chi connectivity index (χ3n) is 6.63. The van der Waals surface area contributed by atoms with Crippen LogP contribution in [0.25, 0.3) is 11.1 Å². The van der Waals surface area contributed by atoms with Gasteiger partial charge in [0.1, 0.15) is 22.3 Å². The van der Waals surface area contributed by atoms with Gasteiger partial charge in [0.05, 0.1) is 17.7 Å². The molecule has 0 spiro atoms. The number of hydrogen-bond donors (Lipinski definition) is 1. The quantitative estimate of drug-likeness (QED) is 0.342. The van der Waals surface area contributed by atoms with Crippen molar-refractivity contribution in [3.63, 3.8) is 0 Å². The Morgan fingerprint density at radius 1 is 1.14 bits per heavy atom. The maximum Gasteiger partial charge on any atom is 0.339 e. The lowest BCUT2D eigenvalue weighted by atomic mass is 10.00. The van der Waals surface area contributed by atoms with Crippen molar-refractivity contribution in [2.24, 2.45) is 0 Å². The maximum atomic E-state index is 14.0. The first-order valence-corrected chi connectivity index (χ1v) is 14.3. The SMILES string of the molecule is CCCCC1CN(c2ccccc2)c2cc(SC)c(-c3cccc(C(=O)O)c3OC)cc2S(=O)N1C. The number of carbonyl (C=O) groups is 1. The summed E-state index contributed by atoms with van der Waals surface area (Å²) in [5.74, 6) is -0.750. The molecule has 0 bridgehead atoms. The van der Waals surface area contributed by atoms with Crippen molar-refractivity contribution in [2.75, 3.05) is 31.9 Å². The van der Waals surface area contributed by atoms with Crippen molar-refractivity contribution in [1.29, 1.82) is 0 Å². The van der Waals surface area contributed by atoms with Crippen LogP contribution in [0.3, 0.4) is 0 Å². The lowest BCUT2D eigenvalue weighted by molar-refractivity contribution is 0.0693. The standard InChI is InChI=1S/C28H32N2O4S2/c1-5-6-11-20-18-30(19-12-8-7-9-13-19)24-17-25(35-4)23(16-26(24)36(33)29(20)2)21-14-10-15-22(28(31)32)27(21)34-3/h7-10,12-17,20H,5-6,11,18H2,1-4H3,(H,31,32). The number of carboxylic acids is 1. The van der Waals surface area contributed by atoms with Crippen molar-refractivity contribution in [1.82, 2.24) is 4.31 Å². The van der Waals surface area contributed by atoms with Crippen LogP contribution in [-0.2, 0) is 11.0 Å². The summed E-state index contributed by atoms with van der Waals surface area (Å²) < 4.78 is 21.5. The topological polar surface area (TPSA) is 70.1 Å². The van der Waals surface area contributed by atoms with Crippen molar-refractivity contribution < 1.29 is 18.8 Å². The maximum absolute atomic E-state index is 14.0. The van der Waals surface area contributed by atoms with E-state index in [0.717, 1.165) is 47.6 Å². The van der Waals surface area contributed by atoms with Crippen LogP contribution in [0.4, 0.5) is 11.4 Å². The minimum absolute atomic E-state index is 0.0979. The van der Waals surface area contributed by atoms with Crippen LogP contribution < -0.4 is 9.64 Å². The molecule has 0 aliphatic carbocycles. The number of thioether (sulfide) groups is 1. The Labute approximate surface area is 219 Å². The number of unbranched alkanes of at least 4 members (excludes halogenated alkanes) is 1. The second kappa shape index (κ2) is 11.5. The number of anilines is 2. The van der Waals surface area contributed by atoms with Gasteiger partial charge < -0.3 is 14.7 Å². The zero-order valence-electron chi connectivity index (χ0n) is 21.1. The number of rotatable bonds is 8. The second-order valence-corrected chi connectivity index (χ2v) is 11.1. The zero-order chi connectivity index (χ0) is 25.8. The number of likely N-dealkylation sites (N-methyl/N-ethyl adjacent to an activating group) is 1. The molecule has 1 N–H and O–H groups in total. The first-order valence-electron chi connectivity index (χ1n) is 12.0. The number of methoxy groups -OCH3 is 1. The monoisotopic (exact) mass is 524 g/mol. The van der Waals surface area contributed by atoms with E-state index < -0.39 is 17.0 Å². The van der Waals surface area contributed by atoms with Gasteiger partial charge in [0, 0.05) is 41.3 Å². The van der Waals surface area contributed by atoms with Gasteiger partial charge in [0.25, 0.3) is 0 Å². The zero-order valence-corrected chi connectivity index (χ0v) is 22.7. The second-order valence-electron chi connectivity index (χ2n) is 8.75. The van der Waals surface area contributed by atoms with E-state index in [-0.39, 0.29) is 11.6 Å². The van der Waals surface area contributed by atoms with Crippen molar-refractivity contribution in [3.8, 4) is 16.9 Å². The number of aromatic carboxylic acids is 1. The molecule has 1 heterocycles. The van der Waals surface area contributed by atoms with Gasteiger partial charge in [-0.15, -0.1) is 11.8 Å². The fraction of sp³-hybridized carbons (Fsp3) is 0.321. The highest BCUT2D eigenvalue weighted by molar-refractivity contribution is 7.98. The predicted octanol–water partition coefficient (Wildman–Crippen LogP) is 6.45. The summed E-state index contributed by atoms with van der Waals surface area (Å²) in [7, 11) is 2.02. The fourth-order valence-corrected chi connectivity index (χ4v) is 6.63. The molecule has 6 nitrogen and oxygen atoms in total. The number of ether oxygens (including phenoxy) is 1. The molecule has 1 aliphatic heterocycles. The highest BCUT2D eigenvalue weighted by Crippen LogP contribution is 2.45. The molecule has 2 atom stereocenters. The number of benzene rings is 3. The minimum atomic E-state index is -1.40. The largest absolute Gasteiger partial charge is 0.495 e. The number of carboxylic acid groups (broad SMARTS) is 1. The van der Waals surface area contributed by atoms with Crippen molar-refractivity contribution in [3.05, 3.63) is 66.2 Å². The lowest BCUT2D eigenvalue weighted by Gasteiger charge is -2.30. The summed E-state index contributed by atoms with van der Waals surface area (Å²) in [6, 6.07) is 19.5. The van der Waals surface area contributed by atoms with Crippen LogP contribution in [0.15, 0.2) is 70.5 Å². The van der Waals surface area contributed by atoms with Gasteiger partial charge in [-0.1, -0.05) is 50.1 Å². The predicted molar refractivity (Wildman–Crippen MR) is 148 cm³/mol. The van der Waals surface area contributed by atoms with Gasteiger partial charge in [0.15, 0.2) is 0 Å². The van der Waals surface area contributed by atoms with Crippen molar-refractivity contribution >= 4 is 40.1 Å². The molecule has 2 unspecified atom stereocenters. The Morgan fingerprint density at radius 2 is 1.89 bits per heavy atom. The molecule has 0 saturated carbocycles. The Morgan fingerprint density at radius 3 is 2.53 bits per heavy atom. The average molecular weight is 525 g/mol.